The normalized spacial score (nSPS) is 15.1. The van der Waals surface area contributed by atoms with Crippen LogP contribution in [0, 0.1) is 12.8 Å². The number of aromatic amines is 1. The summed E-state index contributed by atoms with van der Waals surface area (Å²) in [6, 6.07) is 0. The molecule has 1 aromatic rings. The average molecular weight is 234 g/mol. The van der Waals surface area contributed by atoms with E-state index in [4.69, 9.17) is 5.11 Å². The zero-order chi connectivity index (χ0) is 12.4. The van der Waals surface area contributed by atoms with Crippen molar-refractivity contribution in [2.24, 2.45) is 5.92 Å². The van der Waals surface area contributed by atoms with Gasteiger partial charge in [0.15, 0.2) is 0 Å². The molecule has 0 unspecified atom stereocenters. The maximum absolute atomic E-state index is 11.8. The zero-order valence-corrected chi connectivity index (χ0v) is 9.49. The Balaban J connectivity index is 2.13. The summed E-state index contributed by atoms with van der Waals surface area (Å²) in [5, 5.41) is 11.7. The van der Waals surface area contributed by atoms with Gasteiger partial charge in [0.25, 0.3) is 0 Å². The number of H-pyrrole nitrogens is 1. The largest absolute Gasteiger partial charge is 0.478 e. The zero-order valence-electron chi connectivity index (χ0n) is 9.49. The Morgan fingerprint density at radius 3 is 2.65 bits per heavy atom. The van der Waals surface area contributed by atoms with Gasteiger partial charge in [-0.1, -0.05) is 12.2 Å². The number of carbonyl (C=O) groups excluding carboxylic acids is 1. The van der Waals surface area contributed by atoms with E-state index in [1.165, 1.54) is 6.20 Å². The molecule has 1 aliphatic carbocycles. The van der Waals surface area contributed by atoms with Gasteiger partial charge in [-0.25, -0.2) is 4.79 Å². The number of carbonyl (C=O) groups is 2. The molecule has 0 saturated heterocycles. The summed E-state index contributed by atoms with van der Waals surface area (Å²) in [4.78, 5) is 25.7. The van der Waals surface area contributed by atoms with Gasteiger partial charge in [0.1, 0.15) is 5.56 Å². The third-order valence-electron chi connectivity index (χ3n) is 2.93. The number of carboxylic acid groups (broad SMARTS) is 1. The molecular formula is C12H14N2O3. The number of allylic oxidation sites excluding steroid dienone is 2. The van der Waals surface area contributed by atoms with Gasteiger partial charge in [-0.05, 0) is 19.8 Å². The Morgan fingerprint density at radius 2 is 2.06 bits per heavy atom. The van der Waals surface area contributed by atoms with Crippen molar-refractivity contribution in [3.05, 3.63) is 29.6 Å². The number of rotatable bonds is 3. The molecule has 0 radical (unpaired) electrons. The highest BCUT2D eigenvalue weighted by atomic mass is 16.4. The fraction of sp³-hybridized carbons (Fsp3) is 0.333. The van der Waals surface area contributed by atoms with Crippen LogP contribution < -0.4 is 5.32 Å². The van der Waals surface area contributed by atoms with Crippen LogP contribution in [0.1, 0.15) is 28.9 Å². The van der Waals surface area contributed by atoms with Crippen molar-refractivity contribution in [3.63, 3.8) is 0 Å². The number of hydrogen-bond donors (Lipinski definition) is 3. The van der Waals surface area contributed by atoms with Crippen LogP contribution >= 0.6 is 0 Å². The van der Waals surface area contributed by atoms with E-state index in [0.717, 1.165) is 12.8 Å². The van der Waals surface area contributed by atoms with Crippen LogP contribution in [0.4, 0.5) is 5.69 Å². The molecule has 0 bridgehead atoms. The molecule has 0 aromatic carbocycles. The molecule has 0 fully saturated rings. The molecule has 1 amide bonds. The second-order valence-corrected chi connectivity index (χ2v) is 4.14. The summed E-state index contributed by atoms with van der Waals surface area (Å²) >= 11 is 0. The average Bonchev–Trinajstić information content (AvgIpc) is 2.87. The number of nitrogens with one attached hydrogen (secondary N) is 2. The van der Waals surface area contributed by atoms with Gasteiger partial charge in [-0.2, -0.15) is 0 Å². The molecule has 17 heavy (non-hydrogen) atoms. The van der Waals surface area contributed by atoms with Crippen LogP contribution in [-0.2, 0) is 4.79 Å². The maximum Gasteiger partial charge on any atom is 0.339 e. The Labute approximate surface area is 98.5 Å². The lowest BCUT2D eigenvalue weighted by Crippen LogP contribution is -2.21. The minimum atomic E-state index is -1.04. The summed E-state index contributed by atoms with van der Waals surface area (Å²) in [6.07, 6.45) is 6.88. The Hall–Kier alpha value is -2.04. The monoisotopic (exact) mass is 234 g/mol. The summed E-state index contributed by atoms with van der Waals surface area (Å²) in [7, 11) is 0. The molecular weight excluding hydrogens is 220 g/mol. The smallest absolute Gasteiger partial charge is 0.339 e. The standard InChI is InChI=1S/C12H14N2O3/c1-7-10(12(16)17)9(6-13-7)14-11(15)8-4-2-3-5-8/h2-3,6,8,13H,4-5H2,1H3,(H,14,15)(H,16,17). The summed E-state index contributed by atoms with van der Waals surface area (Å²) < 4.78 is 0. The molecule has 1 aromatic heterocycles. The second-order valence-electron chi connectivity index (χ2n) is 4.14. The first-order valence-corrected chi connectivity index (χ1v) is 5.46. The van der Waals surface area contributed by atoms with E-state index in [1.54, 1.807) is 6.92 Å². The van der Waals surface area contributed by atoms with E-state index >= 15 is 0 Å². The third-order valence-corrected chi connectivity index (χ3v) is 2.93. The maximum atomic E-state index is 11.8. The van der Waals surface area contributed by atoms with Gasteiger partial charge in [-0.15, -0.1) is 0 Å². The number of aryl methyl sites for hydroxylation is 1. The first-order valence-electron chi connectivity index (χ1n) is 5.46. The minimum absolute atomic E-state index is 0.0770. The van der Waals surface area contributed by atoms with Crippen LogP contribution in [0.25, 0.3) is 0 Å². The molecule has 2 rings (SSSR count). The van der Waals surface area contributed by atoms with Crippen molar-refractivity contribution in [2.75, 3.05) is 5.32 Å². The molecule has 5 heteroatoms. The molecule has 0 saturated carbocycles. The van der Waals surface area contributed by atoms with Crippen molar-refractivity contribution < 1.29 is 14.7 Å². The summed E-state index contributed by atoms with van der Waals surface area (Å²) in [5.41, 5.74) is 1.01. The summed E-state index contributed by atoms with van der Waals surface area (Å²) in [5.74, 6) is -1.24. The predicted molar refractivity (Wildman–Crippen MR) is 63.0 cm³/mol. The highest BCUT2D eigenvalue weighted by molar-refractivity contribution is 6.02. The lowest BCUT2D eigenvalue weighted by molar-refractivity contribution is -0.119. The second kappa shape index (κ2) is 4.45. The Morgan fingerprint density at radius 1 is 1.41 bits per heavy atom. The molecule has 1 heterocycles. The van der Waals surface area contributed by atoms with Crippen LogP contribution in [0.2, 0.25) is 0 Å². The predicted octanol–water partition coefficient (Wildman–Crippen LogP) is 1.93. The van der Waals surface area contributed by atoms with E-state index in [0.29, 0.717) is 11.4 Å². The van der Waals surface area contributed by atoms with Gasteiger partial charge >= 0.3 is 5.97 Å². The number of hydrogen-bond acceptors (Lipinski definition) is 2. The van der Waals surface area contributed by atoms with Crippen LogP contribution in [-0.4, -0.2) is 22.0 Å². The molecule has 0 atom stereocenters. The summed E-state index contributed by atoms with van der Waals surface area (Å²) in [6.45, 7) is 1.66. The Bertz CT molecular complexity index is 480. The van der Waals surface area contributed by atoms with Crippen LogP contribution in [0.3, 0.4) is 0 Å². The molecule has 0 aliphatic heterocycles. The lowest BCUT2D eigenvalue weighted by atomic mass is 10.1. The number of anilines is 1. The third kappa shape index (κ3) is 2.22. The van der Waals surface area contributed by atoms with E-state index in [1.807, 2.05) is 12.2 Å². The van der Waals surface area contributed by atoms with Crippen LogP contribution in [0.15, 0.2) is 18.3 Å². The van der Waals surface area contributed by atoms with Crippen molar-refractivity contribution >= 4 is 17.6 Å². The number of aromatic nitrogens is 1. The fourth-order valence-electron chi connectivity index (χ4n) is 1.97. The molecule has 3 N–H and O–H groups in total. The number of carboxylic acids is 1. The molecule has 90 valence electrons. The van der Waals surface area contributed by atoms with E-state index in [2.05, 4.69) is 10.3 Å². The van der Waals surface area contributed by atoms with E-state index < -0.39 is 5.97 Å². The van der Waals surface area contributed by atoms with Gasteiger partial charge < -0.3 is 15.4 Å². The van der Waals surface area contributed by atoms with Gasteiger partial charge in [0.2, 0.25) is 5.91 Å². The number of aromatic carboxylic acids is 1. The highest BCUT2D eigenvalue weighted by Gasteiger charge is 2.22. The van der Waals surface area contributed by atoms with Crippen molar-refractivity contribution in [2.45, 2.75) is 19.8 Å². The van der Waals surface area contributed by atoms with E-state index in [-0.39, 0.29) is 17.4 Å². The highest BCUT2D eigenvalue weighted by Crippen LogP contribution is 2.23. The van der Waals surface area contributed by atoms with Crippen LogP contribution in [0.5, 0.6) is 0 Å². The molecule has 0 spiro atoms. The van der Waals surface area contributed by atoms with E-state index in [9.17, 15) is 9.59 Å². The SMILES string of the molecule is Cc1[nH]cc(NC(=O)C2CC=CC2)c1C(=O)O. The minimum Gasteiger partial charge on any atom is -0.478 e. The quantitative estimate of drug-likeness (QED) is 0.699. The number of amides is 1. The van der Waals surface area contributed by atoms with Gasteiger partial charge in [0, 0.05) is 17.8 Å². The molecule has 5 nitrogen and oxygen atoms in total. The first-order chi connectivity index (χ1) is 8.09. The topological polar surface area (TPSA) is 82.2 Å². The van der Waals surface area contributed by atoms with Crippen molar-refractivity contribution in [1.29, 1.82) is 0 Å². The first kappa shape index (κ1) is 11.4. The fourth-order valence-corrected chi connectivity index (χ4v) is 1.97. The van der Waals surface area contributed by atoms with Crippen molar-refractivity contribution in [1.82, 2.24) is 4.98 Å². The van der Waals surface area contributed by atoms with Gasteiger partial charge in [0.05, 0.1) is 5.69 Å². The Kier molecular flexibility index (Phi) is 2.99. The lowest BCUT2D eigenvalue weighted by Gasteiger charge is -2.09. The van der Waals surface area contributed by atoms with Gasteiger partial charge in [-0.3, -0.25) is 4.79 Å². The van der Waals surface area contributed by atoms with Crippen molar-refractivity contribution in [3.8, 4) is 0 Å². The molecule has 1 aliphatic rings.